The summed E-state index contributed by atoms with van der Waals surface area (Å²) in [5.41, 5.74) is 1.66. The van der Waals surface area contributed by atoms with Crippen molar-refractivity contribution >= 4 is 27.5 Å². The Bertz CT molecular complexity index is 1090. The summed E-state index contributed by atoms with van der Waals surface area (Å²) in [6.45, 7) is 7.35. The van der Waals surface area contributed by atoms with Crippen molar-refractivity contribution in [1.29, 1.82) is 0 Å². The third-order valence-corrected chi connectivity index (χ3v) is 7.68. The molecule has 0 aliphatic carbocycles. The van der Waals surface area contributed by atoms with E-state index in [4.69, 9.17) is 0 Å². The lowest BCUT2D eigenvalue weighted by molar-refractivity contribution is 0.0954. The Labute approximate surface area is 190 Å². The monoisotopic (exact) mass is 457 g/mol. The lowest BCUT2D eigenvalue weighted by atomic mass is 10.0. The number of aryl methyl sites for hydroxylation is 1. The molecule has 2 aromatic rings. The molecule has 2 N–H and O–H groups in total. The number of nitrogens with zero attached hydrogens (tertiary/aromatic N) is 1. The Balaban J connectivity index is 1.85. The molecule has 1 saturated heterocycles. The molecular weight excluding hydrogens is 426 g/mol. The minimum Gasteiger partial charge on any atom is -0.352 e. The first-order valence-electron chi connectivity index (χ1n) is 11.0. The van der Waals surface area contributed by atoms with E-state index >= 15 is 0 Å². The third kappa shape index (κ3) is 5.37. The lowest BCUT2D eigenvalue weighted by Crippen LogP contribution is -2.38. The van der Waals surface area contributed by atoms with E-state index < -0.39 is 15.9 Å². The van der Waals surface area contributed by atoms with Crippen molar-refractivity contribution < 1.29 is 18.0 Å². The van der Waals surface area contributed by atoms with Crippen molar-refractivity contribution in [2.45, 2.75) is 44.9 Å². The van der Waals surface area contributed by atoms with E-state index in [0.717, 1.165) is 19.3 Å². The highest BCUT2D eigenvalue weighted by Gasteiger charge is 2.29. The number of piperidine rings is 1. The fourth-order valence-corrected chi connectivity index (χ4v) is 5.19. The number of para-hydroxylation sites is 1. The van der Waals surface area contributed by atoms with Crippen molar-refractivity contribution in [1.82, 2.24) is 9.62 Å². The molecule has 0 unspecified atom stereocenters. The van der Waals surface area contributed by atoms with Crippen molar-refractivity contribution in [3.05, 3.63) is 59.2 Å². The topological polar surface area (TPSA) is 95.6 Å². The minimum absolute atomic E-state index is 0.108. The van der Waals surface area contributed by atoms with Crippen LogP contribution in [-0.2, 0) is 10.0 Å². The van der Waals surface area contributed by atoms with E-state index in [-0.39, 0.29) is 16.4 Å². The maximum Gasteiger partial charge on any atom is 0.255 e. The molecule has 7 nitrogen and oxygen atoms in total. The quantitative estimate of drug-likeness (QED) is 0.661. The van der Waals surface area contributed by atoms with Crippen LogP contribution in [0.1, 0.15) is 59.4 Å². The second-order valence-corrected chi connectivity index (χ2v) is 10.3. The molecule has 0 atom stereocenters. The van der Waals surface area contributed by atoms with Crippen LogP contribution in [-0.4, -0.2) is 44.2 Å². The number of nitrogens with one attached hydrogen (secondary N) is 2. The smallest absolute Gasteiger partial charge is 0.255 e. The third-order valence-electron chi connectivity index (χ3n) is 5.79. The van der Waals surface area contributed by atoms with E-state index in [1.54, 1.807) is 43.3 Å². The lowest BCUT2D eigenvalue weighted by Gasteiger charge is -2.29. The molecular formula is C24H31N3O4S. The Morgan fingerprint density at radius 2 is 1.72 bits per heavy atom. The fourth-order valence-electron chi connectivity index (χ4n) is 3.69. The number of carbonyl (C=O) groups is 2. The highest BCUT2D eigenvalue weighted by molar-refractivity contribution is 7.89. The molecule has 0 saturated carbocycles. The fraction of sp³-hybridized carbons (Fsp3) is 0.417. The standard InChI is InChI=1S/C24H31N3O4S/c1-4-13-25-23(28)20-7-5-6-8-22(20)26-24(29)21-16-19(10-9-18(21)3)32(30,31)27-14-11-17(2)12-15-27/h5-10,16-17H,4,11-15H2,1-3H3,(H,25,28)(H,26,29). The zero-order valence-corrected chi connectivity index (χ0v) is 19.7. The molecule has 3 rings (SSSR count). The molecule has 0 aromatic heterocycles. The van der Waals surface area contributed by atoms with Crippen molar-refractivity contribution in [2.75, 3.05) is 25.0 Å². The number of sulfonamides is 1. The highest BCUT2D eigenvalue weighted by atomic mass is 32.2. The molecule has 172 valence electrons. The number of amides is 2. The first kappa shape index (κ1) is 23.9. The van der Waals surface area contributed by atoms with Gasteiger partial charge in [-0.05, 0) is 61.9 Å². The number of hydrogen-bond acceptors (Lipinski definition) is 4. The van der Waals surface area contributed by atoms with Crippen LogP contribution in [0, 0.1) is 12.8 Å². The van der Waals surface area contributed by atoms with Gasteiger partial charge in [0, 0.05) is 25.2 Å². The van der Waals surface area contributed by atoms with Crippen LogP contribution in [0.3, 0.4) is 0 Å². The molecule has 0 radical (unpaired) electrons. The molecule has 32 heavy (non-hydrogen) atoms. The number of rotatable bonds is 7. The van der Waals surface area contributed by atoms with Gasteiger partial charge in [0.05, 0.1) is 16.1 Å². The van der Waals surface area contributed by atoms with Gasteiger partial charge in [-0.25, -0.2) is 8.42 Å². The van der Waals surface area contributed by atoms with Gasteiger partial charge >= 0.3 is 0 Å². The number of hydrogen-bond donors (Lipinski definition) is 2. The van der Waals surface area contributed by atoms with Gasteiger partial charge in [0.1, 0.15) is 0 Å². The van der Waals surface area contributed by atoms with Crippen molar-refractivity contribution in [2.24, 2.45) is 5.92 Å². The van der Waals surface area contributed by atoms with Gasteiger partial charge < -0.3 is 10.6 Å². The van der Waals surface area contributed by atoms with Crippen molar-refractivity contribution in [3.63, 3.8) is 0 Å². The highest BCUT2D eigenvalue weighted by Crippen LogP contribution is 2.25. The molecule has 2 amide bonds. The average molecular weight is 458 g/mol. The molecule has 8 heteroatoms. The largest absolute Gasteiger partial charge is 0.352 e. The zero-order valence-electron chi connectivity index (χ0n) is 18.8. The Kier molecular flexibility index (Phi) is 7.69. The van der Waals surface area contributed by atoms with Crippen LogP contribution in [0.15, 0.2) is 47.4 Å². The number of benzene rings is 2. The van der Waals surface area contributed by atoms with Crippen LogP contribution in [0.25, 0.3) is 0 Å². The van der Waals surface area contributed by atoms with Crippen LogP contribution in [0.5, 0.6) is 0 Å². The molecule has 1 heterocycles. The second-order valence-electron chi connectivity index (χ2n) is 8.32. The molecule has 0 spiro atoms. The summed E-state index contributed by atoms with van der Waals surface area (Å²) in [7, 11) is -3.67. The summed E-state index contributed by atoms with van der Waals surface area (Å²) in [6.07, 6.45) is 2.46. The molecule has 0 bridgehead atoms. The Morgan fingerprint density at radius 3 is 2.41 bits per heavy atom. The summed E-state index contributed by atoms with van der Waals surface area (Å²) >= 11 is 0. The van der Waals surface area contributed by atoms with Gasteiger partial charge in [0.2, 0.25) is 10.0 Å². The predicted octanol–water partition coefficient (Wildman–Crippen LogP) is 3.81. The molecule has 1 fully saturated rings. The maximum atomic E-state index is 13.1. The number of anilines is 1. The van der Waals surface area contributed by atoms with Gasteiger partial charge in [-0.3, -0.25) is 9.59 Å². The Hall–Kier alpha value is -2.71. The van der Waals surface area contributed by atoms with Gasteiger partial charge in [0.15, 0.2) is 0 Å². The average Bonchev–Trinajstić information content (AvgIpc) is 2.78. The zero-order chi connectivity index (χ0) is 23.3. The molecule has 1 aliphatic heterocycles. The van der Waals surface area contributed by atoms with Gasteiger partial charge in [-0.1, -0.05) is 32.0 Å². The van der Waals surface area contributed by atoms with E-state index in [0.29, 0.717) is 42.4 Å². The van der Waals surface area contributed by atoms with E-state index in [1.807, 2.05) is 6.92 Å². The normalized spacial score (nSPS) is 15.3. The second kappa shape index (κ2) is 10.3. The van der Waals surface area contributed by atoms with Crippen LogP contribution in [0.4, 0.5) is 5.69 Å². The predicted molar refractivity (Wildman–Crippen MR) is 125 cm³/mol. The molecule has 2 aromatic carbocycles. The summed E-state index contributed by atoms with van der Waals surface area (Å²) in [6, 6.07) is 11.4. The summed E-state index contributed by atoms with van der Waals surface area (Å²) in [4.78, 5) is 25.6. The summed E-state index contributed by atoms with van der Waals surface area (Å²) in [5.74, 6) is -0.215. The number of carbonyl (C=O) groups excluding carboxylic acids is 2. The van der Waals surface area contributed by atoms with Gasteiger partial charge in [-0.15, -0.1) is 0 Å². The maximum absolute atomic E-state index is 13.1. The first-order valence-corrected chi connectivity index (χ1v) is 12.5. The SMILES string of the molecule is CCCNC(=O)c1ccccc1NC(=O)c1cc(S(=O)(=O)N2CCC(C)CC2)ccc1C. The van der Waals surface area contributed by atoms with E-state index in [1.165, 1.54) is 10.4 Å². The summed E-state index contributed by atoms with van der Waals surface area (Å²) < 4.78 is 27.7. The van der Waals surface area contributed by atoms with E-state index in [2.05, 4.69) is 17.6 Å². The van der Waals surface area contributed by atoms with Gasteiger partial charge in [0.25, 0.3) is 11.8 Å². The van der Waals surface area contributed by atoms with Crippen LogP contribution >= 0.6 is 0 Å². The van der Waals surface area contributed by atoms with Crippen LogP contribution in [0.2, 0.25) is 0 Å². The molecule has 1 aliphatic rings. The first-order chi connectivity index (χ1) is 15.2. The minimum atomic E-state index is -3.67. The van der Waals surface area contributed by atoms with Crippen molar-refractivity contribution in [3.8, 4) is 0 Å². The van der Waals surface area contributed by atoms with E-state index in [9.17, 15) is 18.0 Å². The van der Waals surface area contributed by atoms with Crippen LogP contribution < -0.4 is 10.6 Å². The summed E-state index contributed by atoms with van der Waals surface area (Å²) in [5, 5.41) is 5.59. The Morgan fingerprint density at radius 1 is 1.03 bits per heavy atom. The van der Waals surface area contributed by atoms with Gasteiger partial charge in [-0.2, -0.15) is 4.31 Å².